The third-order valence-corrected chi connectivity index (χ3v) is 45.8. The lowest BCUT2D eigenvalue weighted by Gasteiger charge is -2.09. The van der Waals surface area contributed by atoms with E-state index in [1.165, 1.54) is 573 Å². The topological polar surface area (TPSA) is 14.8 Å². The minimum atomic E-state index is 1.14. The van der Waals surface area contributed by atoms with E-state index < -0.39 is 0 Å². The molecule has 0 saturated heterocycles. The summed E-state index contributed by atoms with van der Waals surface area (Å²) in [6, 6.07) is 25.3. The maximum absolute atomic E-state index is 2.73. The maximum Gasteiger partial charge on any atom is 0.0708 e. The standard InChI is InChI=1S/C50H77NS4.C46H75NS3.C38H53NS4/c1-6-9-12-15-18-20-22-24-26-29-32-41-35-39(4)52-47(41)45-37-43-49(54-45)50-44(51(43)34-31-28-17-14-11-8-3)38-46(55-50)48-42(36-40(5)53-48)33-30-27-25-23-21-19-16-13-10-7-2;1-6-9-12-15-18-20-22-24-26-29-32-39-38(5)49-44(40(39)33-30-27-25-23-21-19-16-13-10-7-2)43-36-42-46(50-43)45-41(35-37(4)48-45)47(42)34-31-28-17-14-11-8-3;1-6-9-12-15-16-19-22-39-31-25-35(33-23-29(27(4)40-33)20-17-13-10-7-2)42-37(31)38-32(39)26-36(43-38)34-24-30(28(5)41-34)21-18-14-11-8-3/h35-38H,6-34H2,1-5H3;35-36H,6-34H2,1-5H3;23-26H,6-22H2,1-5H3. The highest BCUT2D eigenvalue weighted by molar-refractivity contribution is 7.34. The van der Waals surface area contributed by atoms with E-state index in [1.807, 2.05) is 79.4 Å². The van der Waals surface area contributed by atoms with Crippen molar-refractivity contribution in [2.45, 2.75) is 586 Å². The van der Waals surface area contributed by atoms with Crippen molar-refractivity contribution < 1.29 is 0 Å². The molecule has 0 spiro atoms. The lowest BCUT2D eigenvalue weighted by molar-refractivity contribution is 0.553. The van der Waals surface area contributed by atoms with E-state index in [-0.39, 0.29) is 0 Å². The summed E-state index contributed by atoms with van der Waals surface area (Å²) in [5.41, 5.74) is 18.7. The molecule has 0 aliphatic carbocycles. The number of hydrogen-bond donors (Lipinski definition) is 0. The molecule has 0 fully saturated rings. The summed E-state index contributed by atoms with van der Waals surface area (Å²) in [7, 11) is 0. The summed E-state index contributed by atoms with van der Waals surface area (Å²) in [6.45, 7) is 38.3. The van der Waals surface area contributed by atoms with E-state index in [1.54, 1.807) is 62.5 Å². The minimum Gasteiger partial charge on any atom is -0.339 e. The molecular formula is C134H205N3S11. The van der Waals surface area contributed by atoms with Crippen LogP contribution in [-0.2, 0) is 58.2 Å². The zero-order valence-electron chi connectivity index (χ0n) is 96.6. The SMILES string of the molecule is CCCCCCCCCCCCc1c(C)sc(-c2cc3c(s2)c2sc(C)cc2n3CCCCCCCC)c1CCCCCCCCCCCC.CCCCCCCCCCCCc1cc(C)sc1-c1cc2c(s1)c1sc(-c3sc(C)cc3CCCCCCCCCCCC)cc1n2CCCCCCCC.CCCCCCCCn1c2cc(-c3cc(CCCCCC)c(C)s3)sc2c2sc(-c3cc(CCCCCC)c(C)s3)cc21. The van der Waals surface area contributed by atoms with Crippen molar-refractivity contribution in [1.82, 2.24) is 13.7 Å². The Morgan fingerprint density at radius 1 is 0.155 bits per heavy atom. The molecule has 0 unspecified atom stereocenters. The van der Waals surface area contributed by atoms with Gasteiger partial charge in [-0.1, -0.05) is 428 Å². The number of thiophene rings is 11. The fraction of sp³-hybridized carbons (Fsp3) is 0.672. The largest absolute Gasteiger partial charge is 0.339 e. The average Bonchev–Trinajstić information content (AvgIpc) is 1.58. The van der Waals surface area contributed by atoms with E-state index in [0.29, 0.717) is 0 Å². The first kappa shape index (κ1) is 123. The predicted octanol–water partition coefficient (Wildman–Crippen LogP) is 51.4. The van der Waals surface area contributed by atoms with Crippen molar-refractivity contribution in [3.05, 3.63) is 123 Å². The zero-order chi connectivity index (χ0) is 104. The van der Waals surface area contributed by atoms with Crippen LogP contribution in [0.5, 0.6) is 0 Å². The van der Waals surface area contributed by atoms with E-state index in [0.717, 1.165) is 19.6 Å². The highest BCUT2D eigenvalue weighted by atomic mass is 32.1. The lowest BCUT2D eigenvalue weighted by atomic mass is 9.96. The number of nitrogens with zero attached hydrogens (tertiary/aromatic N) is 3. The van der Waals surface area contributed by atoms with E-state index in [4.69, 9.17) is 0 Å². The first-order valence-corrected chi connectivity index (χ1v) is 71.3. The van der Waals surface area contributed by atoms with E-state index in [2.05, 4.69) is 224 Å². The molecule has 0 N–H and O–H groups in total. The molecule has 822 valence electrons. The summed E-state index contributed by atoms with van der Waals surface area (Å²) in [4.78, 5) is 24.2. The van der Waals surface area contributed by atoms with E-state index in [9.17, 15) is 0 Å². The van der Waals surface area contributed by atoms with Gasteiger partial charge in [0.1, 0.15) is 0 Å². The Hall–Kier alpha value is -3.90. The first-order chi connectivity index (χ1) is 72.6. The van der Waals surface area contributed by atoms with Crippen molar-refractivity contribution in [3.63, 3.8) is 0 Å². The number of unbranched alkanes of at least 4 members (excludes halogenated alkanes) is 57. The summed E-state index contributed by atoms with van der Waals surface area (Å²) in [5, 5.41) is 0. The molecule has 14 heterocycles. The van der Waals surface area contributed by atoms with Gasteiger partial charge in [0.25, 0.3) is 0 Å². The number of hydrogen-bond acceptors (Lipinski definition) is 11. The average molecular weight is 2210 g/mol. The van der Waals surface area contributed by atoms with Gasteiger partial charge in [0, 0.05) is 97.7 Å². The summed E-state index contributed by atoms with van der Waals surface area (Å²) >= 11 is 22.6. The fourth-order valence-electron chi connectivity index (χ4n) is 23.2. The predicted molar refractivity (Wildman–Crippen MR) is 689 cm³/mol. The molecule has 0 amide bonds. The van der Waals surface area contributed by atoms with Gasteiger partial charge >= 0.3 is 0 Å². The van der Waals surface area contributed by atoms with Crippen LogP contribution in [-0.4, -0.2) is 13.7 Å². The Balaban J connectivity index is 0.000000198. The smallest absolute Gasteiger partial charge is 0.0708 e. The van der Waals surface area contributed by atoms with Gasteiger partial charge in [0.05, 0.1) is 61.3 Å². The van der Waals surface area contributed by atoms with Crippen LogP contribution in [0.1, 0.15) is 549 Å². The van der Waals surface area contributed by atoms with Crippen LogP contribution in [0.25, 0.3) is 110 Å². The van der Waals surface area contributed by atoms with Gasteiger partial charge in [-0.25, -0.2) is 0 Å². The molecule has 0 atom stereocenters. The molecule has 0 aliphatic rings. The van der Waals surface area contributed by atoms with Crippen LogP contribution in [0.4, 0.5) is 0 Å². The normalized spacial score (nSPS) is 12.0. The summed E-state index contributed by atoms with van der Waals surface area (Å²) in [6.07, 6.45) is 98.9. The molecule has 0 aliphatic heterocycles. The fourth-order valence-corrected chi connectivity index (χ4v) is 36.5. The number of rotatable bonds is 80. The molecular weight excluding hydrogens is 2000 g/mol. The van der Waals surface area contributed by atoms with Gasteiger partial charge in [-0.3, -0.25) is 0 Å². The second-order valence-corrected chi connectivity index (χ2v) is 57.8. The van der Waals surface area contributed by atoms with Crippen LogP contribution < -0.4 is 0 Å². The second-order valence-electron chi connectivity index (χ2n) is 45.1. The maximum atomic E-state index is 2.73. The molecule has 148 heavy (non-hydrogen) atoms. The van der Waals surface area contributed by atoms with Crippen LogP contribution >= 0.6 is 125 Å². The van der Waals surface area contributed by atoms with Gasteiger partial charge < -0.3 is 13.7 Å². The third-order valence-electron chi connectivity index (χ3n) is 32.1. The Morgan fingerprint density at radius 3 is 0.662 bits per heavy atom. The first-order valence-electron chi connectivity index (χ1n) is 62.3. The summed E-state index contributed by atoms with van der Waals surface area (Å²) < 4.78 is 17.3. The van der Waals surface area contributed by atoms with Gasteiger partial charge in [-0.05, 0) is 232 Å². The van der Waals surface area contributed by atoms with Crippen molar-refractivity contribution in [2.75, 3.05) is 0 Å². The lowest BCUT2D eigenvalue weighted by Crippen LogP contribution is -1.97. The van der Waals surface area contributed by atoms with Gasteiger partial charge in [0.15, 0.2) is 0 Å². The summed E-state index contributed by atoms with van der Waals surface area (Å²) in [5.74, 6) is 0. The van der Waals surface area contributed by atoms with E-state index >= 15 is 0 Å². The van der Waals surface area contributed by atoms with Crippen molar-refractivity contribution in [3.8, 4) is 48.8 Å². The Morgan fingerprint density at radius 2 is 0.365 bits per heavy atom. The number of aromatic nitrogens is 3. The van der Waals surface area contributed by atoms with Crippen LogP contribution in [0.15, 0.2) is 60.7 Å². The molecule has 14 aromatic rings. The third kappa shape index (κ3) is 38.2. The zero-order valence-corrected chi connectivity index (χ0v) is 106. The van der Waals surface area contributed by atoms with Crippen LogP contribution in [0.3, 0.4) is 0 Å². The number of fused-ring (bicyclic) bond motifs is 9. The van der Waals surface area contributed by atoms with Crippen molar-refractivity contribution in [2.24, 2.45) is 0 Å². The molecule has 14 heteroatoms. The molecule has 0 aromatic carbocycles. The molecule has 0 saturated carbocycles. The van der Waals surface area contributed by atoms with Crippen LogP contribution in [0.2, 0.25) is 0 Å². The minimum absolute atomic E-state index is 1.14. The molecule has 0 radical (unpaired) electrons. The van der Waals surface area contributed by atoms with Gasteiger partial charge in [0.2, 0.25) is 0 Å². The van der Waals surface area contributed by atoms with Gasteiger partial charge in [-0.2, -0.15) is 0 Å². The Labute approximate surface area is 948 Å². The Bertz CT molecular complexity index is 5710. The monoisotopic (exact) mass is 2210 g/mol. The highest BCUT2D eigenvalue weighted by Crippen LogP contribution is 2.54. The van der Waals surface area contributed by atoms with Crippen molar-refractivity contribution >= 4 is 186 Å². The quantitative estimate of drug-likeness (QED) is 0.0338. The highest BCUT2D eigenvalue weighted by Gasteiger charge is 2.28. The van der Waals surface area contributed by atoms with Crippen molar-refractivity contribution in [1.29, 1.82) is 0 Å². The molecule has 3 nitrogen and oxygen atoms in total. The second kappa shape index (κ2) is 70.0. The molecule has 14 rings (SSSR count). The number of aryl methyl sites for hydroxylation is 13. The van der Waals surface area contributed by atoms with Gasteiger partial charge in [-0.15, -0.1) is 125 Å². The Kier molecular flexibility index (Phi) is 58.1. The molecule has 14 aromatic heterocycles. The molecule has 0 bridgehead atoms. The van der Waals surface area contributed by atoms with Crippen LogP contribution in [0, 0.1) is 41.5 Å².